The Morgan fingerprint density at radius 3 is 3.06 bits per heavy atom. The van der Waals surface area contributed by atoms with Crippen LogP contribution in [0.4, 0.5) is 5.69 Å². The Kier molecular flexibility index (Phi) is 3.48. The van der Waals surface area contributed by atoms with E-state index in [1.54, 1.807) is 17.7 Å². The molecule has 0 spiro atoms. The second-order valence-corrected chi connectivity index (χ2v) is 4.53. The molecule has 4 nitrogen and oxygen atoms in total. The standard InChI is InChI=1S/C13H17N3O/c1-15-12-6-3-7-16(13(12)17)11-5-2-4-10(8-11)9-14/h3,6-7,10-11,15H,2,4-5,8H2,1H3/t10-,11+/m1/s1. The highest BCUT2D eigenvalue weighted by Crippen LogP contribution is 2.31. The van der Waals surface area contributed by atoms with Crippen LogP contribution >= 0.6 is 0 Å². The van der Waals surface area contributed by atoms with Crippen LogP contribution < -0.4 is 10.9 Å². The Labute approximate surface area is 101 Å². The molecule has 1 aliphatic rings. The van der Waals surface area contributed by atoms with Gasteiger partial charge in [0.25, 0.3) is 5.56 Å². The second kappa shape index (κ2) is 5.05. The molecule has 0 aliphatic heterocycles. The average molecular weight is 231 g/mol. The van der Waals surface area contributed by atoms with E-state index in [0.717, 1.165) is 25.7 Å². The van der Waals surface area contributed by atoms with Gasteiger partial charge < -0.3 is 9.88 Å². The van der Waals surface area contributed by atoms with Crippen LogP contribution in [0.2, 0.25) is 0 Å². The summed E-state index contributed by atoms with van der Waals surface area (Å²) in [7, 11) is 1.75. The van der Waals surface area contributed by atoms with Crippen molar-refractivity contribution in [2.45, 2.75) is 31.7 Å². The Hall–Kier alpha value is -1.76. The van der Waals surface area contributed by atoms with Crippen LogP contribution in [0.5, 0.6) is 0 Å². The molecule has 1 fully saturated rings. The van der Waals surface area contributed by atoms with Crippen molar-refractivity contribution in [2.24, 2.45) is 5.92 Å². The highest BCUT2D eigenvalue weighted by atomic mass is 16.1. The molecule has 0 radical (unpaired) electrons. The molecule has 90 valence electrons. The van der Waals surface area contributed by atoms with E-state index >= 15 is 0 Å². The Bertz CT molecular complexity index is 486. The fourth-order valence-corrected chi connectivity index (χ4v) is 2.52. The SMILES string of the molecule is CNc1cccn([C@H]2CCC[C@@H](C#N)C2)c1=O. The Morgan fingerprint density at radius 2 is 2.35 bits per heavy atom. The molecular weight excluding hydrogens is 214 g/mol. The minimum absolute atomic E-state index is 0.0126. The van der Waals surface area contributed by atoms with Gasteiger partial charge in [0.2, 0.25) is 0 Å². The molecule has 0 aromatic carbocycles. The predicted octanol–water partition coefficient (Wildman–Crippen LogP) is 2.14. The zero-order valence-corrected chi connectivity index (χ0v) is 10.0. The quantitative estimate of drug-likeness (QED) is 0.848. The molecule has 1 aromatic heterocycles. The maximum Gasteiger partial charge on any atom is 0.274 e. The number of nitrogens with one attached hydrogen (secondary N) is 1. The summed E-state index contributed by atoms with van der Waals surface area (Å²) in [5.74, 6) is 0.0962. The van der Waals surface area contributed by atoms with Crippen LogP contribution in [-0.2, 0) is 0 Å². The molecule has 1 heterocycles. The molecule has 1 aromatic rings. The highest BCUT2D eigenvalue weighted by Gasteiger charge is 2.23. The van der Waals surface area contributed by atoms with Gasteiger partial charge in [-0.05, 0) is 31.4 Å². The first-order valence-electron chi connectivity index (χ1n) is 6.04. The topological polar surface area (TPSA) is 57.8 Å². The lowest BCUT2D eigenvalue weighted by atomic mass is 9.86. The number of nitriles is 1. The van der Waals surface area contributed by atoms with Gasteiger partial charge in [-0.1, -0.05) is 6.42 Å². The van der Waals surface area contributed by atoms with Crippen LogP contribution in [0.3, 0.4) is 0 Å². The Balaban J connectivity index is 2.28. The molecule has 2 rings (SSSR count). The molecule has 0 unspecified atom stereocenters. The van der Waals surface area contributed by atoms with E-state index in [1.165, 1.54) is 0 Å². The highest BCUT2D eigenvalue weighted by molar-refractivity contribution is 5.39. The Morgan fingerprint density at radius 1 is 1.53 bits per heavy atom. The van der Waals surface area contributed by atoms with E-state index in [9.17, 15) is 4.79 Å². The predicted molar refractivity (Wildman–Crippen MR) is 66.9 cm³/mol. The van der Waals surface area contributed by atoms with Crippen molar-refractivity contribution in [2.75, 3.05) is 12.4 Å². The summed E-state index contributed by atoms with van der Waals surface area (Å²) in [6.45, 7) is 0. The third kappa shape index (κ3) is 2.33. The number of hydrogen-bond acceptors (Lipinski definition) is 3. The van der Waals surface area contributed by atoms with Gasteiger partial charge in [0.15, 0.2) is 0 Å². The fourth-order valence-electron chi connectivity index (χ4n) is 2.52. The van der Waals surface area contributed by atoms with E-state index in [2.05, 4.69) is 11.4 Å². The summed E-state index contributed by atoms with van der Waals surface area (Å²) in [4.78, 5) is 12.1. The van der Waals surface area contributed by atoms with Crippen molar-refractivity contribution in [3.63, 3.8) is 0 Å². The normalized spacial score (nSPS) is 24.0. The minimum Gasteiger partial charge on any atom is -0.384 e. The molecular formula is C13H17N3O. The first kappa shape index (κ1) is 11.7. The number of nitrogens with zero attached hydrogens (tertiary/aromatic N) is 2. The molecule has 0 amide bonds. The molecule has 4 heteroatoms. The van der Waals surface area contributed by atoms with Gasteiger partial charge in [-0.25, -0.2) is 0 Å². The van der Waals surface area contributed by atoms with Crippen LogP contribution in [0.15, 0.2) is 23.1 Å². The molecule has 1 N–H and O–H groups in total. The summed E-state index contributed by atoms with van der Waals surface area (Å²) in [5, 5.41) is 11.9. The lowest BCUT2D eigenvalue weighted by molar-refractivity contribution is 0.303. The number of hydrogen-bond donors (Lipinski definition) is 1. The zero-order chi connectivity index (χ0) is 12.3. The molecule has 1 saturated carbocycles. The number of rotatable bonds is 2. The fraction of sp³-hybridized carbons (Fsp3) is 0.538. The largest absolute Gasteiger partial charge is 0.384 e. The zero-order valence-electron chi connectivity index (χ0n) is 10.0. The van der Waals surface area contributed by atoms with Crippen LogP contribution in [0.25, 0.3) is 0 Å². The van der Waals surface area contributed by atoms with E-state index in [4.69, 9.17) is 5.26 Å². The third-order valence-electron chi connectivity index (χ3n) is 3.47. The van der Waals surface area contributed by atoms with Crippen LogP contribution in [0, 0.1) is 17.2 Å². The molecule has 17 heavy (non-hydrogen) atoms. The number of anilines is 1. The average Bonchev–Trinajstić information content (AvgIpc) is 2.39. The monoisotopic (exact) mass is 231 g/mol. The van der Waals surface area contributed by atoms with Crippen molar-refractivity contribution in [1.82, 2.24) is 4.57 Å². The van der Waals surface area contributed by atoms with Crippen LogP contribution in [0.1, 0.15) is 31.7 Å². The minimum atomic E-state index is 0.0126. The molecule has 2 atom stereocenters. The molecule has 0 saturated heterocycles. The van der Waals surface area contributed by atoms with Crippen molar-refractivity contribution in [3.05, 3.63) is 28.7 Å². The maximum absolute atomic E-state index is 12.1. The lowest BCUT2D eigenvalue weighted by Gasteiger charge is -2.27. The van der Waals surface area contributed by atoms with Gasteiger partial charge in [0, 0.05) is 25.2 Å². The van der Waals surface area contributed by atoms with E-state index in [0.29, 0.717) is 5.69 Å². The van der Waals surface area contributed by atoms with Gasteiger partial charge >= 0.3 is 0 Å². The van der Waals surface area contributed by atoms with Crippen molar-refractivity contribution in [3.8, 4) is 6.07 Å². The summed E-state index contributed by atoms with van der Waals surface area (Å²) in [6.07, 6.45) is 5.61. The lowest BCUT2D eigenvalue weighted by Crippen LogP contribution is -2.29. The van der Waals surface area contributed by atoms with E-state index in [1.807, 2.05) is 12.3 Å². The van der Waals surface area contributed by atoms with E-state index < -0.39 is 0 Å². The van der Waals surface area contributed by atoms with Gasteiger partial charge in [-0.15, -0.1) is 0 Å². The van der Waals surface area contributed by atoms with E-state index in [-0.39, 0.29) is 17.5 Å². The number of aromatic nitrogens is 1. The van der Waals surface area contributed by atoms with Gasteiger partial charge in [-0.3, -0.25) is 4.79 Å². The van der Waals surface area contributed by atoms with Gasteiger partial charge in [0.05, 0.1) is 6.07 Å². The summed E-state index contributed by atoms with van der Waals surface area (Å²) in [5.41, 5.74) is 0.630. The van der Waals surface area contributed by atoms with Crippen LogP contribution in [-0.4, -0.2) is 11.6 Å². The van der Waals surface area contributed by atoms with Crippen molar-refractivity contribution < 1.29 is 0 Å². The molecule has 0 bridgehead atoms. The van der Waals surface area contributed by atoms with Crippen molar-refractivity contribution in [1.29, 1.82) is 5.26 Å². The van der Waals surface area contributed by atoms with Gasteiger partial charge in [0.1, 0.15) is 5.69 Å². The number of pyridine rings is 1. The summed E-state index contributed by atoms with van der Waals surface area (Å²) >= 11 is 0. The smallest absolute Gasteiger partial charge is 0.274 e. The van der Waals surface area contributed by atoms with Gasteiger partial charge in [-0.2, -0.15) is 5.26 Å². The first-order chi connectivity index (χ1) is 8.26. The summed E-state index contributed by atoms with van der Waals surface area (Å²) < 4.78 is 1.77. The summed E-state index contributed by atoms with van der Waals surface area (Å²) in [6, 6.07) is 6.16. The molecule has 1 aliphatic carbocycles. The van der Waals surface area contributed by atoms with Crippen molar-refractivity contribution >= 4 is 5.69 Å². The maximum atomic E-state index is 12.1. The second-order valence-electron chi connectivity index (χ2n) is 4.53. The third-order valence-corrected chi connectivity index (χ3v) is 3.47. The first-order valence-corrected chi connectivity index (χ1v) is 6.04.